The van der Waals surface area contributed by atoms with Crippen molar-refractivity contribution in [3.05, 3.63) is 78.1 Å². The summed E-state index contributed by atoms with van der Waals surface area (Å²) in [6.07, 6.45) is 4.21. The molecule has 0 aliphatic carbocycles. The number of benzene rings is 1. The lowest BCUT2D eigenvalue weighted by Crippen LogP contribution is -2.24. The average molecular weight is 297 g/mol. The number of hydrogen-bond acceptors (Lipinski definition) is 4. The van der Waals surface area contributed by atoms with Gasteiger partial charge < -0.3 is 18.9 Å². The Labute approximate surface area is 129 Å². The molecule has 4 heteroatoms. The lowest BCUT2D eigenvalue weighted by atomic mass is 10.1. The quantitative estimate of drug-likeness (QED) is 0.720. The van der Waals surface area contributed by atoms with Crippen LogP contribution in [0, 0.1) is 0 Å². The first kappa shape index (κ1) is 14.5. The van der Waals surface area contributed by atoms with Crippen LogP contribution in [0.1, 0.15) is 23.1 Å². The zero-order chi connectivity index (χ0) is 15.2. The van der Waals surface area contributed by atoms with Crippen molar-refractivity contribution < 1.29 is 13.6 Å². The first-order valence-electron chi connectivity index (χ1n) is 7.30. The van der Waals surface area contributed by atoms with E-state index in [4.69, 9.17) is 13.6 Å². The summed E-state index contributed by atoms with van der Waals surface area (Å²) in [6.45, 7) is 0.784. The summed E-state index contributed by atoms with van der Waals surface area (Å²) in [4.78, 5) is 0. The molecule has 2 aromatic heterocycles. The van der Waals surface area contributed by atoms with E-state index in [1.54, 1.807) is 19.6 Å². The Morgan fingerprint density at radius 3 is 2.23 bits per heavy atom. The smallest absolute Gasteiger partial charge is 0.128 e. The normalized spacial score (nSPS) is 11.0. The van der Waals surface area contributed by atoms with Crippen LogP contribution in [0.2, 0.25) is 0 Å². The monoisotopic (exact) mass is 297 g/mol. The summed E-state index contributed by atoms with van der Waals surface area (Å²) in [6, 6.07) is 15.6. The fourth-order valence-electron chi connectivity index (χ4n) is 2.51. The highest BCUT2D eigenvalue weighted by Crippen LogP contribution is 2.23. The van der Waals surface area contributed by atoms with Crippen LogP contribution >= 0.6 is 0 Å². The first-order valence-corrected chi connectivity index (χ1v) is 7.30. The van der Waals surface area contributed by atoms with Gasteiger partial charge in [0.05, 0.1) is 19.6 Å². The molecule has 3 rings (SSSR count). The maximum absolute atomic E-state index is 5.52. The van der Waals surface area contributed by atoms with E-state index in [9.17, 15) is 0 Å². The van der Waals surface area contributed by atoms with E-state index < -0.39 is 0 Å². The molecule has 0 amide bonds. The Balaban J connectivity index is 1.68. The predicted octanol–water partition coefficient (Wildman–Crippen LogP) is 3.80. The highest BCUT2D eigenvalue weighted by atomic mass is 16.5. The molecule has 1 N–H and O–H groups in total. The number of ether oxygens (including phenoxy) is 1. The zero-order valence-electron chi connectivity index (χ0n) is 12.5. The molecule has 0 fully saturated rings. The van der Waals surface area contributed by atoms with Gasteiger partial charge in [0.1, 0.15) is 23.3 Å². The molecule has 2 heterocycles. The molecule has 22 heavy (non-hydrogen) atoms. The van der Waals surface area contributed by atoms with E-state index in [0.29, 0.717) is 0 Å². The van der Waals surface area contributed by atoms with Gasteiger partial charge in [-0.05, 0) is 42.3 Å². The van der Waals surface area contributed by atoms with Crippen molar-refractivity contribution in [3.8, 4) is 5.75 Å². The Morgan fingerprint density at radius 1 is 0.955 bits per heavy atom. The average Bonchev–Trinajstić information content (AvgIpc) is 3.25. The van der Waals surface area contributed by atoms with E-state index in [-0.39, 0.29) is 6.04 Å². The van der Waals surface area contributed by atoms with E-state index in [2.05, 4.69) is 11.4 Å². The van der Waals surface area contributed by atoms with Crippen LogP contribution in [0.4, 0.5) is 0 Å². The van der Waals surface area contributed by atoms with Crippen LogP contribution in [0.15, 0.2) is 69.9 Å². The van der Waals surface area contributed by atoms with E-state index in [1.807, 2.05) is 42.5 Å². The molecule has 0 unspecified atom stereocenters. The van der Waals surface area contributed by atoms with Crippen molar-refractivity contribution in [2.24, 2.45) is 0 Å². The van der Waals surface area contributed by atoms with E-state index >= 15 is 0 Å². The van der Waals surface area contributed by atoms with Gasteiger partial charge in [0.15, 0.2) is 0 Å². The van der Waals surface area contributed by atoms with Crippen LogP contribution in [0.3, 0.4) is 0 Å². The van der Waals surface area contributed by atoms with E-state index in [1.165, 1.54) is 5.56 Å². The Kier molecular flexibility index (Phi) is 4.61. The highest BCUT2D eigenvalue weighted by Gasteiger charge is 2.18. The fraction of sp³-hybridized carbons (Fsp3) is 0.222. The van der Waals surface area contributed by atoms with Gasteiger partial charge in [-0.25, -0.2) is 0 Å². The number of para-hydroxylation sites is 1. The van der Waals surface area contributed by atoms with Gasteiger partial charge in [0.2, 0.25) is 0 Å². The van der Waals surface area contributed by atoms with Crippen LogP contribution in [0.25, 0.3) is 0 Å². The third-order valence-corrected chi connectivity index (χ3v) is 3.59. The molecule has 0 radical (unpaired) electrons. The maximum Gasteiger partial charge on any atom is 0.128 e. The summed E-state index contributed by atoms with van der Waals surface area (Å²) in [5, 5.41) is 3.48. The SMILES string of the molecule is COc1ccccc1CCNC(c1ccco1)c1ccco1. The predicted molar refractivity (Wildman–Crippen MR) is 84.0 cm³/mol. The largest absolute Gasteiger partial charge is 0.496 e. The van der Waals surface area contributed by atoms with Crippen molar-refractivity contribution in [1.29, 1.82) is 0 Å². The molecule has 3 aromatic rings. The lowest BCUT2D eigenvalue weighted by molar-refractivity contribution is 0.387. The van der Waals surface area contributed by atoms with Crippen LogP contribution in [0.5, 0.6) is 5.75 Å². The summed E-state index contributed by atoms with van der Waals surface area (Å²) in [5.41, 5.74) is 1.18. The number of hydrogen-bond donors (Lipinski definition) is 1. The van der Waals surface area contributed by atoms with E-state index in [0.717, 1.165) is 30.2 Å². The maximum atomic E-state index is 5.52. The van der Waals surface area contributed by atoms with Gasteiger partial charge in [-0.15, -0.1) is 0 Å². The molecular formula is C18H19NO3. The Hall–Kier alpha value is -2.46. The third-order valence-electron chi connectivity index (χ3n) is 3.59. The molecule has 0 saturated heterocycles. The van der Waals surface area contributed by atoms with Crippen molar-refractivity contribution in [3.63, 3.8) is 0 Å². The second-order valence-corrected chi connectivity index (χ2v) is 4.98. The molecule has 1 aromatic carbocycles. The molecule has 0 bridgehead atoms. The molecule has 0 aliphatic heterocycles. The Morgan fingerprint density at radius 2 is 1.64 bits per heavy atom. The highest BCUT2D eigenvalue weighted by molar-refractivity contribution is 5.33. The summed E-state index contributed by atoms with van der Waals surface area (Å²) < 4.78 is 16.4. The van der Waals surface area contributed by atoms with Crippen molar-refractivity contribution in [1.82, 2.24) is 5.32 Å². The molecule has 114 valence electrons. The number of furan rings is 2. The van der Waals surface area contributed by atoms with Gasteiger partial charge in [0.25, 0.3) is 0 Å². The van der Waals surface area contributed by atoms with Gasteiger partial charge in [0, 0.05) is 6.54 Å². The minimum absolute atomic E-state index is 0.0836. The van der Waals surface area contributed by atoms with Crippen molar-refractivity contribution in [2.45, 2.75) is 12.5 Å². The molecule has 0 saturated carbocycles. The summed E-state index contributed by atoms with van der Waals surface area (Å²) in [5.74, 6) is 2.60. The second kappa shape index (κ2) is 7.00. The minimum Gasteiger partial charge on any atom is -0.496 e. The number of methoxy groups -OCH3 is 1. The number of rotatable bonds is 7. The van der Waals surface area contributed by atoms with Crippen LogP contribution in [-0.4, -0.2) is 13.7 Å². The number of nitrogens with one attached hydrogen (secondary N) is 1. The molecule has 0 spiro atoms. The standard InChI is InChI=1S/C18H19NO3/c1-20-15-7-3-2-6-14(15)10-11-19-18(16-8-4-12-21-16)17-9-5-13-22-17/h2-9,12-13,18-19H,10-11H2,1H3. The van der Waals surface area contributed by atoms with Gasteiger partial charge >= 0.3 is 0 Å². The van der Waals surface area contributed by atoms with Crippen molar-refractivity contribution in [2.75, 3.05) is 13.7 Å². The molecule has 0 atom stereocenters. The molecule has 0 aliphatic rings. The summed E-state index contributed by atoms with van der Waals surface area (Å²) in [7, 11) is 1.70. The van der Waals surface area contributed by atoms with Gasteiger partial charge in [-0.2, -0.15) is 0 Å². The third kappa shape index (κ3) is 3.23. The summed E-state index contributed by atoms with van der Waals surface area (Å²) >= 11 is 0. The molecule has 4 nitrogen and oxygen atoms in total. The topological polar surface area (TPSA) is 47.5 Å². The minimum atomic E-state index is -0.0836. The molecular weight excluding hydrogens is 278 g/mol. The van der Waals surface area contributed by atoms with Gasteiger partial charge in [-0.3, -0.25) is 0 Å². The first-order chi connectivity index (χ1) is 10.9. The van der Waals surface area contributed by atoms with Crippen LogP contribution < -0.4 is 10.1 Å². The van der Waals surface area contributed by atoms with Crippen LogP contribution in [-0.2, 0) is 6.42 Å². The fourth-order valence-corrected chi connectivity index (χ4v) is 2.51. The van der Waals surface area contributed by atoms with Crippen molar-refractivity contribution >= 4 is 0 Å². The second-order valence-electron chi connectivity index (χ2n) is 4.98. The van der Waals surface area contributed by atoms with Gasteiger partial charge in [-0.1, -0.05) is 18.2 Å². The lowest BCUT2D eigenvalue weighted by Gasteiger charge is -2.15. The zero-order valence-corrected chi connectivity index (χ0v) is 12.5. The Bertz CT molecular complexity index is 640.